The average molecular weight is 209 g/mol. The molecule has 1 unspecified atom stereocenters. The second-order valence-electron chi connectivity index (χ2n) is 4.11. The lowest BCUT2D eigenvalue weighted by molar-refractivity contribution is 0.133. The summed E-state index contributed by atoms with van der Waals surface area (Å²) >= 11 is 0. The fourth-order valence-electron chi connectivity index (χ4n) is 1.98. The maximum absolute atomic E-state index is 9.79. The smallest absolute Gasteiger partial charge is 0.0855 e. The Morgan fingerprint density at radius 2 is 1.87 bits per heavy atom. The number of hydrogen-bond donors (Lipinski definition) is 2. The molecule has 1 aromatic rings. The van der Waals surface area contributed by atoms with Crippen LogP contribution in [0.15, 0.2) is 24.5 Å². The van der Waals surface area contributed by atoms with Crippen molar-refractivity contribution in [3.8, 4) is 0 Å². The minimum atomic E-state index is -0.287. The molecule has 0 amide bonds. The molecule has 0 aromatic carbocycles. The normalized spacial score (nSPS) is 19.3. The molecule has 1 fully saturated rings. The van der Waals surface area contributed by atoms with Gasteiger partial charge in [0.15, 0.2) is 0 Å². The lowest BCUT2D eigenvalue weighted by Gasteiger charge is -2.20. The summed E-state index contributed by atoms with van der Waals surface area (Å²) in [5.74, 6) is 0. The zero-order chi connectivity index (χ0) is 10.5. The summed E-state index contributed by atoms with van der Waals surface area (Å²) < 4.78 is 1.87. The molecule has 1 atom stereocenters. The van der Waals surface area contributed by atoms with Gasteiger partial charge in [0.2, 0.25) is 0 Å². The summed E-state index contributed by atoms with van der Waals surface area (Å²) in [7, 11) is 0. The molecular weight excluding hydrogens is 190 g/mol. The van der Waals surface area contributed by atoms with Crippen molar-refractivity contribution in [1.29, 1.82) is 0 Å². The van der Waals surface area contributed by atoms with Gasteiger partial charge in [-0.05, 0) is 38.1 Å². The minimum Gasteiger partial charge on any atom is -0.390 e. The number of hydrogen-bond acceptors (Lipinski definition) is 3. The van der Waals surface area contributed by atoms with Gasteiger partial charge in [0.25, 0.3) is 0 Å². The highest BCUT2D eigenvalue weighted by molar-refractivity contribution is 4.93. The minimum absolute atomic E-state index is 0.287. The first kappa shape index (κ1) is 10.5. The second-order valence-corrected chi connectivity index (χ2v) is 4.11. The van der Waals surface area contributed by atoms with E-state index in [1.54, 1.807) is 0 Å². The summed E-state index contributed by atoms with van der Waals surface area (Å²) in [5, 5.41) is 9.79. The summed E-state index contributed by atoms with van der Waals surface area (Å²) in [6.07, 6.45) is 6.13. The van der Waals surface area contributed by atoms with E-state index in [0.717, 1.165) is 19.6 Å². The van der Waals surface area contributed by atoms with E-state index in [1.165, 1.54) is 12.8 Å². The molecule has 4 nitrogen and oxygen atoms in total. The Labute approximate surface area is 90.5 Å². The molecule has 0 bridgehead atoms. The number of aliphatic hydroxyl groups excluding tert-OH is 1. The first-order valence-electron chi connectivity index (χ1n) is 5.62. The van der Waals surface area contributed by atoms with Crippen molar-refractivity contribution >= 4 is 0 Å². The predicted octanol–water partition coefficient (Wildman–Crippen LogP) is 0.488. The van der Waals surface area contributed by atoms with Crippen molar-refractivity contribution in [2.24, 2.45) is 0 Å². The van der Waals surface area contributed by atoms with Crippen LogP contribution in [-0.2, 0) is 0 Å². The van der Waals surface area contributed by atoms with E-state index in [-0.39, 0.29) is 6.10 Å². The highest BCUT2D eigenvalue weighted by Crippen LogP contribution is 2.07. The quantitative estimate of drug-likeness (QED) is 0.741. The molecule has 0 aliphatic carbocycles. The number of aromatic nitrogens is 1. The predicted molar refractivity (Wildman–Crippen MR) is 60.3 cm³/mol. The van der Waals surface area contributed by atoms with Gasteiger partial charge >= 0.3 is 0 Å². The average Bonchev–Trinajstić information content (AvgIpc) is 2.86. The first-order valence-corrected chi connectivity index (χ1v) is 5.62. The highest BCUT2D eigenvalue weighted by Gasteiger charge is 2.15. The van der Waals surface area contributed by atoms with E-state index in [0.29, 0.717) is 6.54 Å². The van der Waals surface area contributed by atoms with Gasteiger partial charge in [-0.3, -0.25) is 4.68 Å². The standard InChI is InChI=1S/C11H19N3O/c15-11(10-13-5-1-2-6-13)9-12-14-7-3-4-8-14/h3-4,7-8,11-12,15H,1-2,5-6,9-10H2. The van der Waals surface area contributed by atoms with Crippen LogP contribution in [0.25, 0.3) is 0 Å². The molecule has 2 rings (SSSR count). The van der Waals surface area contributed by atoms with E-state index in [4.69, 9.17) is 0 Å². The summed E-state index contributed by atoms with van der Waals surface area (Å²) in [5.41, 5.74) is 3.14. The molecule has 2 heterocycles. The largest absolute Gasteiger partial charge is 0.390 e. The van der Waals surface area contributed by atoms with Crippen molar-refractivity contribution in [3.05, 3.63) is 24.5 Å². The molecule has 0 radical (unpaired) electrons. The second kappa shape index (κ2) is 5.19. The van der Waals surface area contributed by atoms with Crippen LogP contribution in [0.4, 0.5) is 0 Å². The van der Waals surface area contributed by atoms with Crippen LogP contribution in [0, 0.1) is 0 Å². The van der Waals surface area contributed by atoms with Crippen LogP contribution in [0.2, 0.25) is 0 Å². The van der Waals surface area contributed by atoms with Crippen molar-refractivity contribution in [3.63, 3.8) is 0 Å². The molecule has 84 valence electrons. The summed E-state index contributed by atoms with van der Waals surface area (Å²) in [4.78, 5) is 2.32. The molecule has 15 heavy (non-hydrogen) atoms. The Bertz CT molecular complexity index is 267. The molecule has 1 saturated heterocycles. The van der Waals surface area contributed by atoms with Crippen molar-refractivity contribution in [2.75, 3.05) is 31.6 Å². The maximum atomic E-state index is 9.79. The maximum Gasteiger partial charge on any atom is 0.0855 e. The Morgan fingerprint density at radius 1 is 1.20 bits per heavy atom. The lowest BCUT2D eigenvalue weighted by Crippen LogP contribution is -2.36. The van der Waals surface area contributed by atoms with E-state index < -0.39 is 0 Å². The number of rotatable bonds is 5. The van der Waals surface area contributed by atoms with Gasteiger partial charge in [0.05, 0.1) is 12.6 Å². The first-order chi connectivity index (χ1) is 7.34. The zero-order valence-electron chi connectivity index (χ0n) is 8.97. The number of aliphatic hydroxyl groups is 1. The molecule has 1 aliphatic heterocycles. The number of likely N-dealkylation sites (tertiary alicyclic amines) is 1. The fourth-order valence-corrected chi connectivity index (χ4v) is 1.98. The fraction of sp³-hybridized carbons (Fsp3) is 0.636. The van der Waals surface area contributed by atoms with Gasteiger partial charge in [-0.25, -0.2) is 0 Å². The topological polar surface area (TPSA) is 40.4 Å². The van der Waals surface area contributed by atoms with Gasteiger partial charge in [-0.2, -0.15) is 0 Å². The lowest BCUT2D eigenvalue weighted by atomic mass is 10.3. The monoisotopic (exact) mass is 209 g/mol. The molecule has 0 spiro atoms. The summed E-state index contributed by atoms with van der Waals surface area (Å²) in [6, 6.07) is 3.92. The Kier molecular flexibility index (Phi) is 3.64. The zero-order valence-corrected chi connectivity index (χ0v) is 8.97. The van der Waals surface area contributed by atoms with Gasteiger partial charge in [-0.1, -0.05) is 0 Å². The van der Waals surface area contributed by atoms with Crippen LogP contribution in [0.3, 0.4) is 0 Å². The molecule has 1 aromatic heterocycles. The van der Waals surface area contributed by atoms with Gasteiger partial charge in [0.1, 0.15) is 0 Å². The van der Waals surface area contributed by atoms with E-state index in [1.807, 2.05) is 29.2 Å². The van der Waals surface area contributed by atoms with Crippen molar-refractivity contribution in [1.82, 2.24) is 9.58 Å². The molecular formula is C11H19N3O. The van der Waals surface area contributed by atoms with Crippen molar-refractivity contribution < 1.29 is 5.11 Å². The third kappa shape index (κ3) is 3.25. The SMILES string of the molecule is OC(CNn1cccc1)CN1CCCC1. The van der Waals surface area contributed by atoms with Gasteiger partial charge < -0.3 is 15.4 Å². The van der Waals surface area contributed by atoms with Crippen LogP contribution < -0.4 is 5.43 Å². The Balaban J connectivity index is 1.66. The molecule has 0 saturated carbocycles. The summed E-state index contributed by atoms with van der Waals surface area (Å²) in [6.45, 7) is 3.67. The van der Waals surface area contributed by atoms with E-state index in [9.17, 15) is 5.11 Å². The van der Waals surface area contributed by atoms with Gasteiger partial charge in [-0.15, -0.1) is 0 Å². The van der Waals surface area contributed by atoms with Crippen LogP contribution >= 0.6 is 0 Å². The number of nitrogens with zero attached hydrogens (tertiary/aromatic N) is 2. The van der Waals surface area contributed by atoms with Gasteiger partial charge in [0, 0.05) is 18.9 Å². The highest BCUT2D eigenvalue weighted by atomic mass is 16.3. The number of nitrogens with one attached hydrogen (secondary N) is 1. The molecule has 1 aliphatic rings. The third-order valence-electron chi connectivity index (χ3n) is 2.78. The Morgan fingerprint density at radius 3 is 2.53 bits per heavy atom. The van der Waals surface area contributed by atoms with Crippen LogP contribution in [-0.4, -0.2) is 47.0 Å². The van der Waals surface area contributed by atoms with E-state index >= 15 is 0 Å². The van der Waals surface area contributed by atoms with Crippen molar-refractivity contribution in [2.45, 2.75) is 18.9 Å². The molecule has 2 N–H and O–H groups in total. The number of β-amino-alcohol motifs (C(OH)–C–C–N with tert-alkyl or cyclic N) is 1. The van der Waals surface area contributed by atoms with Crippen LogP contribution in [0.1, 0.15) is 12.8 Å². The van der Waals surface area contributed by atoms with Crippen LogP contribution in [0.5, 0.6) is 0 Å². The van der Waals surface area contributed by atoms with E-state index in [2.05, 4.69) is 10.3 Å². The molecule has 4 heteroatoms. The Hall–Kier alpha value is -1.00. The third-order valence-corrected chi connectivity index (χ3v) is 2.78.